The van der Waals surface area contributed by atoms with Crippen LogP contribution in [0.25, 0.3) is 0 Å². The lowest BCUT2D eigenvalue weighted by Crippen LogP contribution is -2.27. The van der Waals surface area contributed by atoms with E-state index < -0.39 is 4.92 Å². The quantitative estimate of drug-likeness (QED) is 0.455. The van der Waals surface area contributed by atoms with Gasteiger partial charge in [0.1, 0.15) is 5.37 Å². The van der Waals surface area contributed by atoms with Gasteiger partial charge in [-0.3, -0.25) is 24.6 Å². The van der Waals surface area contributed by atoms with Crippen molar-refractivity contribution in [2.75, 3.05) is 16.0 Å². The van der Waals surface area contributed by atoms with Gasteiger partial charge in [0.05, 0.1) is 10.7 Å². The Kier molecular flexibility index (Phi) is 5.73. The highest BCUT2D eigenvalue weighted by Gasteiger charge is 2.34. The zero-order valence-corrected chi connectivity index (χ0v) is 17.5. The summed E-state index contributed by atoms with van der Waals surface area (Å²) in [5, 5.41) is 13.4. The summed E-state index contributed by atoms with van der Waals surface area (Å²) >= 11 is 1.54. The smallest absolute Gasteiger partial charge is 0.269 e. The molecule has 1 saturated heterocycles. The van der Waals surface area contributed by atoms with Crippen LogP contribution in [0.2, 0.25) is 0 Å². The van der Waals surface area contributed by atoms with E-state index in [0.717, 1.165) is 16.8 Å². The number of amides is 2. The van der Waals surface area contributed by atoms with Crippen molar-refractivity contribution in [1.29, 1.82) is 0 Å². The van der Waals surface area contributed by atoms with Gasteiger partial charge in [0.25, 0.3) is 11.6 Å². The predicted molar refractivity (Wildman–Crippen MR) is 121 cm³/mol. The Hall–Kier alpha value is -3.65. The number of carbonyl (C=O) groups is 2. The van der Waals surface area contributed by atoms with Crippen molar-refractivity contribution in [3.8, 4) is 0 Å². The van der Waals surface area contributed by atoms with E-state index in [1.807, 2.05) is 49.4 Å². The summed E-state index contributed by atoms with van der Waals surface area (Å²) in [4.78, 5) is 37.2. The molecule has 3 aromatic carbocycles. The lowest BCUT2D eigenvalue weighted by atomic mass is 10.1. The van der Waals surface area contributed by atoms with Crippen LogP contribution < -0.4 is 10.2 Å². The summed E-state index contributed by atoms with van der Waals surface area (Å²) in [6.45, 7) is 2.00. The van der Waals surface area contributed by atoms with Crippen LogP contribution >= 0.6 is 11.8 Å². The standard InChI is InChI=1S/C23H19N3O4S/c1-15-5-9-19(10-6-15)25-21(27)14-31-23(25)17-3-2-4-18(13-17)24-22(28)16-7-11-20(12-8-16)26(29)30/h2-13,23H,14H2,1H3,(H,24,28). The number of carbonyl (C=O) groups excluding carboxylic acids is 2. The first-order valence-electron chi connectivity index (χ1n) is 9.58. The Morgan fingerprint density at radius 3 is 2.48 bits per heavy atom. The molecule has 0 spiro atoms. The van der Waals surface area contributed by atoms with Gasteiger partial charge in [-0.2, -0.15) is 0 Å². The van der Waals surface area contributed by atoms with E-state index in [4.69, 9.17) is 0 Å². The van der Waals surface area contributed by atoms with Crippen molar-refractivity contribution < 1.29 is 14.5 Å². The van der Waals surface area contributed by atoms with Gasteiger partial charge in [-0.15, -0.1) is 11.8 Å². The number of nitrogens with one attached hydrogen (secondary N) is 1. The van der Waals surface area contributed by atoms with Crippen LogP contribution in [-0.4, -0.2) is 22.5 Å². The second-order valence-corrected chi connectivity index (χ2v) is 8.21. The number of hydrogen-bond acceptors (Lipinski definition) is 5. The number of thioether (sulfide) groups is 1. The summed E-state index contributed by atoms with van der Waals surface area (Å²) in [5.74, 6) is 0.0644. The molecular weight excluding hydrogens is 414 g/mol. The first-order chi connectivity index (χ1) is 14.9. The number of nitrogens with zero attached hydrogens (tertiary/aromatic N) is 2. The molecule has 4 rings (SSSR count). The Bertz CT molecular complexity index is 1150. The Labute approximate surface area is 183 Å². The Balaban J connectivity index is 1.54. The first kappa shape index (κ1) is 20.6. The Morgan fingerprint density at radius 2 is 1.81 bits per heavy atom. The SMILES string of the molecule is Cc1ccc(N2C(=O)CSC2c2cccc(NC(=O)c3ccc([N+](=O)[O-])cc3)c2)cc1. The molecule has 1 atom stereocenters. The molecule has 1 aliphatic heterocycles. The van der Waals surface area contributed by atoms with E-state index >= 15 is 0 Å². The molecule has 1 fully saturated rings. The van der Waals surface area contributed by atoms with Crippen molar-refractivity contribution in [2.45, 2.75) is 12.3 Å². The van der Waals surface area contributed by atoms with E-state index in [-0.39, 0.29) is 22.9 Å². The molecule has 2 amide bonds. The van der Waals surface area contributed by atoms with Crippen LogP contribution in [0.5, 0.6) is 0 Å². The van der Waals surface area contributed by atoms with Crippen molar-refractivity contribution in [1.82, 2.24) is 0 Å². The number of aryl methyl sites for hydroxylation is 1. The second-order valence-electron chi connectivity index (χ2n) is 7.15. The van der Waals surface area contributed by atoms with Crippen LogP contribution in [0.1, 0.15) is 26.9 Å². The fraction of sp³-hybridized carbons (Fsp3) is 0.130. The molecule has 8 heteroatoms. The number of rotatable bonds is 5. The van der Waals surface area contributed by atoms with Gasteiger partial charge in [0, 0.05) is 29.1 Å². The van der Waals surface area contributed by atoms with Crippen molar-refractivity contribution in [3.05, 3.63) is 99.6 Å². The van der Waals surface area contributed by atoms with Gasteiger partial charge < -0.3 is 5.32 Å². The third-order valence-corrected chi connectivity index (χ3v) is 6.16. The summed E-state index contributed by atoms with van der Waals surface area (Å²) < 4.78 is 0. The van der Waals surface area contributed by atoms with E-state index in [0.29, 0.717) is 17.0 Å². The van der Waals surface area contributed by atoms with Crippen LogP contribution in [0.3, 0.4) is 0 Å². The molecule has 7 nitrogen and oxygen atoms in total. The maximum Gasteiger partial charge on any atom is 0.269 e. The second kappa shape index (κ2) is 8.61. The highest BCUT2D eigenvalue weighted by molar-refractivity contribution is 8.00. The van der Waals surface area contributed by atoms with Gasteiger partial charge in [0.15, 0.2) is 0 Å². The average Bonchev–Trinajstić information content (AvgIpc) is 3.16. The van der Waals surface area contributed by atoms with Gasteiger partial charge in [0.2, 0.25) is 5.91 Å². The first-order valence-corrected chi connectivity index (χ1v) is 10.6. The Morgan fingerprint density at radius 1 is 1.10 bits per heavy atom. The number of benzene rings is 3. The van der Waals surface area contributed by atoms with Crippen LogP contribution in [0, 0.1) is 17.0 Å². The fourth-order valence-corrected chi connectivity index (χ4v) is 4.53. The summed E-state index contributed by atoms with van der Waals surface area (Å²) in [5.41, 5.74) is 3.70. The third kappa shape index (κ3) is 4.44. The van der Waals surface area contributed by atoms with Crippen LogP contribution in [0.15, 0.2) is 72.8 Å². The lowest BCUT2D eigenvalue weighted by molar-refractivity contribution is -0.384. The van der Waals surface area contributed by atoms with E-state index in [1.165, 1.54) is 36.0 Å². The zero-order chi connectivity index (χ0) is 22.0. The van der Waals surface area contributed by atoms with Gasteiger partial charge in [-0.05, 0) is 48.9 Å². The molecule has 1 heterocycles. The number of non-ortho nitro benzene ring substituents is 1. The fourth-order valence-electron chi connectivity index (χ4n) is 3.36. The molecule has 156 valence electrons. The minimum absolute atomic E-state index is 0.0409. The third-order valence-electron chi connectivity index (χ3n) is 4.95. The number of anilines is 2. The van der Waals surface area contributed by atoms with E-state index in [2.05, 4.69) is 5.32 Å². The van der Waals surface area contributed by atoms with Crippen molar-refractivity contribution in [3.63, 3.8) is 0 Å². The van der Waals surface area contributed by atoms with Gasteiger partial charge in [-0.1, -0.05) is 29.8 Å². The van der Waals surface area contributed by atoms with Crippen molar-refractivity contribution >= 4 is 40.6 Å². The molecule has 3 aromatic rings. The summed E-state index contributed by atoms with van der Waals surface area (Å²) in [6, 6.07) is 20.6. The normalized spacial score (nSPS) is 15.7. The molecule has 31 heavy (non-hydrogen) atoms. The molecule has 0 radical (unpaired) electrons. The number of nitro benzene ring substituents is 1. The topological polar surface area (TPSA) is 92.6 Å². The monoisotopic (exact) mass is 433 g/mol. The number of hydrogen-bond donors (Lipinski definition) is 1. The van der Waals surface area contributed by atoms with Crippen molar-refractivity contribution in [2.24, 2.45) is 0 Å². The largest absolute Gasteiger partial charge is 0.322 e. The predicted octanol–water partition coefficient (Wildman–Crippen LogP) is 4.93. The summed E-state index contributed by atoms with van der Waals surface area (Å²) in [6.07, 6.45) is 0. The minimum Gasteiger partial charge on any atom is -0.322 e. The number of nitro groups is 1. The van der Waals surface area contributed by atoms with Crippen LogP contribution in [-0.2, 0) is 4.79 Å². The van der Waals surface area contributed by atoms with Crippen LogP contribution in [0.4, 0.5) is 17.1 Å². The molecule has 1 N–H and O–H groups in total. The summed E-state index contributed by atoms with van der Waals surface area (Å²) in [7, 11) is 0. The van der Waals surface area contributed by atoms with E-state index in [1.54, 1.807) is 11.0 Å². The van der Waals surface area contributed by atoms with Gasteiger partial charge in [-0.25, -0.2) is 0 Å². The minimum atomic E-state index is -0.508. The molecule has 0 aromatic heterocycles. The van der Waals surface area contributed by atoms with Gasteiger partial charge >= 0.3 is 0 Å². The highest BCUT2D eigenvalue weighted by atomic mass is 32.2. The maximum atomic E-state index is 12.6. The van der Waals surface area contributed by atoms with E-state index in [9.17, 15) is 19.7 Å². The average molecular weight is 433 g/mol. The molecule has 0 saturated carbocycles. The molecule has 1 unspecified atom stereocenters. The molecule has 0 aliphatic carbocycles. The highest BCUT2D eigenvalue weighted by Crippen LogP contribution is 2.42. The maximum absolute atomic E-state index is 12.6. The zero-order valence-electron chi connectivity index (χ0n) is 16.6. The molecule has 1 aliphatic rings. The lowest BCUT2D eigenvalue weighted by Gasteiger charge is -2.25. The molecule has 0 bridgehead atoms. The molecular formula is C23H19N3O4S.